The minimum atomic E-state index is -0.920. The second-order valence-electron chi connectivity index (χ2n) is 6.95. The van der Waals surface area contributed by atoms with Crippen molar-refractivity contribution in [2.45, 2.75) is 20.0 Å². The highest BCUT2D eigenvalue weighted by atomic mass is 19.2. The molecular formula is C19H30F2N4O2. The maximum atomic E-state index is 13.1. The van der Waals surface area contributed by atoms with Gasteiger partial charge in [-0.15, -0.1) is 0 Å². The summed E-state index contributed by atoms with van der Waals surface area (Å²) < 4.78 is 37.2. The third-order valence-electron chi connectivity index (χ3n) is 4.12. The molecular weight excluding hydrogens is 354 g/mol. The van der Waals surface area contributed by atoms with Gasteiger partial charge in [0.25, 0.3) is 0 Å². The smallest absolute Gasteiger partial charge is 0.191 e. The third-order valence-corrected chi connectivity index (χ3v) is 4.12. The highest BCUT2D eigenvalue weighted by Gasteiger charge is 2.21. The zero-order valence-corrected chi connectivity index (χ0v) is 16.3. The van der Waals surface area contributed by atoms with Gasteiger partial charge in [0.05, 0.1) is 19.3 Å². The lowest BCUT2D eigenvalue weighted by molar-refractivity contribution is -0.0284. The summed E-state index contributed by atoms with van der Waals surface area (Å²) in [5.41, 5.74) is 0. The van der Waals surface area contributed by atoms with E-state index in [1.165, 1.54) is 6.07 Å². The quantitative estimate of drug-likeness (QED) is 0.407. The number of halogens is 2. The van der Waals surface area contributed by atoms with Crippen molar-refractivity contribution in [2.75, 3.05) is 53.0 Å². The molecule has 152 valence electrons. The standard InChI is InChI=1S/C19H30F2N4O2/c1-14(2)12-25-7-9-27-16(13-25)11-24-19(22-3)23-6-8-26-15-4-5-17(20)18(21)10-15/h4-5,10,14,16H,6-9,11-13H2,1-3H3,(H2,22,23,24). The molecule has 0 saturated carbocycles. The van der Waals surface area contributed by atoms with Crippen molar-refractivity contribution in [2.24, 2.45) is 10.9 Å². The Kier molecular flexibility index (Phi) is 8.74. The fourth-order valence-electron chi connectivity index (χ4n) is 2.92. The van der Waals surface area contributed by atoms with Gasteiger partial charge in [0.2, 0.25) is 0 Å². The molecule has 0 aromatic heterocycles. The molecule has 1 heterocycles. The fourth-order valence-corrected chi connectivity index (χ4v) is 2.92. The van der Waals surface area contributed by atoms with Gasteiger partial charge in [-0.1, -0.05) is 13.8 Å². The van der Waals surface area contributed by atoms with Crippen molar-refractivity contribution in [3.05, 3.63) is 29.8 Å². The SMILES string of the molecule is CN=C(NCCOc1ccc(F)c(F)c1)NCC1CN(CC(C)C)CCO1. The molecule has 8 heteroatoms. The number of ether oxygens (including phenoxy) is 2. The number of aliphatic imine (C=N–C) groups is 1. The lowest BCUT2D eigenvalue weighted by Crippen LogP contribution is -2.50. The molecule has 1 fully saturated rings. The van der Waals surface area contributed by atoms with Gasteiger partial charge in [0.1, 0.15) is 12.4 Å². The summed E-state index contributed by atoms with van der Waals surface area (Å²) in [6, 6.07) is 3.48. The molecule has 1 saturated heterocycles. The molecule has 1 unspecified atom stereocenters. The highest BCUT2D eigenvalue weighted by Crippen LogP contribution is 2.15. The monoisotopic (exact) mass is 384 g/mol. The Labute approximate surface area is 159 Å². The molecule has 1 atom stereocenters. The lowest BCUT2D eigenvalue weighted by atomic mass is 10.2. The first kappa shape index (κ1) is 21.4. The number of benzene rings is 1. The first-order valence-electron chi connectivity index (χ1n) is 9.34. The van der Waals surface area contributed by atoms with Crippen LogP contribution in [0.2, 0.25) is 0 Å². The molecule has 2 N–H and O–H groups in total. The number of morpholine rings is 1. The van der Waals surface area contributed by atoms with Crippen LogP contribution in [0.5, 0.6) is 5.75 Å². The van der Waals surface area contributed by atoms with Crippen molar-refractivity contribution in [1.29, 1.82) is 0 Å². The van der Waals surface area contributed by atoms with Crippen LogP contribution in [0.15, 0.2) is 23.2 Å². The van der Waals surface area contributed by atoms with Crippen LogP contribution >= 0.6 is 0 Å². The average Bonchev–Trinajstić information content (AvgIpc) is 2.64. The molecule has 6 nitrogen and oxygen atoms in total. The highest BCUT2D eigenvalue weighted by molar-refractivity contribution is 5.79. The van der Waals surface area contributed by atoms with E-state index in [1.807, 2.05) is 0 Å². The fraction of sp³-hybridized carbons (Fsp3) is 0.632. The van der Waals surface area contributed by atoms with Crippen molar-refractivity contribution in [1.82, 2.24) is 15.5 Å². The van der Waals surface area contributed by atoms with Gasteiger partial charge >= 0.3 is 0 Å². The summed E-state index contributed by atoms with van der Waals surface area (Å²) >= 11 is 0. The molecule has 0 bridgehead atoms. The maximum absolute atomic E-state index is 13.1. The van der Waals surface area contributed by atoms with Crippen LogP contribution in [0.4, 0.5) is 8.78 Å². The molecule has 1 aromatic carbocycles. The largest absolute Gasteiger partial charge is 0.492 e. The van der Waals surface area contributed by atoms with E-state index in [4.69, 9.17) is 9.47 Å². The van der Waals surface area contributed by atoms with Crippen LogP contribution in [0.1, 0.15) is 13.8 Å². The van der Waals surface area contributed by atoms with E-state index in [1.54, 1.807) is 7.05 Å². The van der Waals surface area contributed by atoms with Crippen LogP contribution in [0, 0.1) is 17.6 Å². The Morgan fingerprint density at radius 1 is 1.33 bits per heavy atom. The molecule has 1 aliphatic heterocycles. The summed E-state index contributed by atoms with van der Waals surface area (Å²) in [5, 5.41) is 6.38. The number of hydrogen-bond acceptors (Lipinski definition) is 4. The van der Waals surface area contributed by atoms with Gasteiger partial charge < -0.3 is 20.1 Å². The second-order valence-corrected chi connectivity index (χ2v) is 6.95. The second kappa shape index (κ2) is 11.0. The Hall–Kier alpha value is -1.93. The van der Waals surface area contributed by atoms with Gasteiger partial charge in [-0.25, -0.2) is 8.78 Å². The minimum absolute atomic E-state index is 0.120. The molecule has 0 radical (unpaired) electrons. The van der Waals surface area contributed by atoms with E-state index in [0.717, 1.165) is 38.4 Å². The number of rotatable bonds is 8. The van der Waals surface area contributed by atoms with Crippen molar-refractivity contribution < 1.29 is 18.3 Å². The number of nitrogens with one attached hydrogen (secondary N) is 2. The predicted molar refractivity (Wildman–Crippen MR) is 102 cm³/mol. The van der Waals surface area contributed by atoms with Crippen LogP contribution in [0.25, 0.3) is 0 Å². The van der Waals surface area contributed by atoms with Gasteiger partial charge in [0, 0.05) is 39.3 Å². The Bertz CT molecular complexity index is 613. The zero-order chi connectivity index (χ0) is 19.6. The van der Waals surface area contributed by atoms with Crippen LogP contribution in [-0.4, -0.2) is 69.9 Å². The Balaban J connectivity index is 1.66. The maximum Gasteiger partial charge on any atom is 0.191 e. The van der Waals surface area contributed by atoms with Gasteiger partial charge in [0.15, 0.2) is 17.6 Å². The summed E-state index contributed by atoms with van der Waals surface area (Å²) in [4.78, 5) is 6.59. The predicted octanol–water partition coefficient (Wildman–Crippen LogP) is 1.87. The number of guanidine groups is 1. The van der Waals surface area contributed by atoms with Crippen molar-refractivity contribution in [3.8, 4) is 5.75 Å². The Morgan fingerprint density at radius 3 is 2.85 bits per heavy atom. The average molecular weight is 384 g/mol. The van der Waals surface area contributed by atoms with Gasteiger partial charge in [-0.05, 0) is 18.1 Å². The first-order valence-corrected chi connectivity index (χ1v) is 9.34. The van der Waals surface area contributed by atoms with Gasteiger partial charge in [-0.3, -0.25) is 9.89 Å². The first-order chi connectivity index (χ1) is 13.0. The minimum Gasteiger partial charge on any atom is -0.492 e. The van der Waals surface area contributed by atoms with Crippen LogP contribution < -0.4 is 15.4 Å². The van der Waals surface area contributed by atoms with Gasteiger partial charge in [-0.2, -0.15) is 0 Å². The van der Waals surface area contributed by atoms with E-state index in [2.05, 4.69) is 34.4 Å². The zero-order valence-electron chi connectivity index (χ0n) is 16.3. The topological polar surface area (TPSA) is 58.1 Å². The summed E-state index contributed by atoms with van der Waals surface area (Å²) in [6.45, 7) is 9.58. The van der Waals surface area contributed by atoms with E-state index < -0.39 is 11.6 Å². The summed E-state index contributed by atoms with van der Waals surface area (Å²) in [6.07, 6.45) is 0.120. The molecule has 0 amide bonds. The molecule has 27 heavy (non-hydrogen) atoms. The Morgan fingerprint density at radius 2 is 2.15 bits per heavy atom. The van der Waals surface area contributed by atoms with Crippen molar-refractivity contribution >= 4 is 5.96 Å². The number of nitrogens with zero attached hydrogens (tertiary/aromatic N) is 2. The van der Waals surface area contributed by atoms with E-state index in [-0.39, 0.29) is 6.10 Å². The summed E-state index contributed by atoms with van der Waals surface area (Å²) in [7, 11) is 1.69. The van der Waals surface area contributed by atoms with Crippen LogP contribution in [0.3, 0.4) is 0 Å². The van der Waals surface area contributed by atoms with E-state index in [0.29, 0.717) is 37.3 Å². The van der Waals surface area contributed by atoms with E-state index in [9.17, 15) is 8.78 Å². The van der Waals surface area contributed by atoms with E-state index >= 15 is 0 Å². The lowest BCUT2D eigenvalue weighted by Gasteiger charge is -2.34. The molecule has 0 aliphatic carbocycles. The van der Waals surface area contributed by atoms with Crippen molar-refractivity contribution in [3.63, 3.8) is 0 Å². The third kappa shape index (κ3) is 7.68. The summed E-state index contributed by atoms with van der Waals surface area (Å²) in [5.74, 6) is -0.229. The molecule has 0 spiro atoms. The van der Waals surface area contributed by atoms with Crippen LogP contribution in [-0.2, 0) is 4.74 Å². The molecule has 1 aliphatic rings. The number of hydrogen-bond donors (Lipinski definition) is 2. The molecule has 1 aromatic rings. The normalized spacial score (nSPS) is 18.6. The molecule has 2 rings (SSSR count).